The van der Waals surface area contributed by atoms with Crippen LogP contribution in [0.5, 0.6) is 0 Å². The van der Waals surface area contributed by atoms with Crippen molar-refractivity contribution in [1.29, 1.82) is 0 Å². The molecule has 0 fully saturated rings. The van der Waals surface area contributed by atoms with Gasteiger partial charge in [-0.25, -0.2) is 13.1 Å². The topological polar surface area (TPSA) is 66.5 Å². The van der Waals surface area contributed by atoms with E-state index in [0.717, 1.165) is 16.8 Å². The molecule has 0 bridgehead atoms. The van der Waals surface area contributed by atoms with Gasteiger partial charge >= 0.3 is 0 Å². The fraction of sp³-hybridized carbons (Fsp3) is 0.462. The second-order valence-corrected chi connectivity index (χ2v) is 7.22. The molecule has 0 unspecified atom stereocenters. The van der Waals surface area contributed by atoms with Crippen LogP contribution in [0.15, 0.2) is 17.0 Å². The van der Waals surface area contributed by atoms with E-state index >= 15 is 0 Å². The summed E-state index contributed by atoms with van der Waals surface area (Å²) >= 11 is 0. The zero-order chi connectivity index (χ0) is 14.6. The highest BCUT2D eigenvalue weighted by molar-refractivity contribution is 7.89. The molecule has 1 N–H and O–H groups in total. The molecule has 0 aromatic heterocycles. The first-order chi connectivity index (χ1) is 8.63. The monoisotopic (exact) mass is 282 g/mol. The standard InChI is InChI=1S/C13H18N2O3S/c1-8-6-9(19(17,18)14-4)7-10-11(8)15(5)12(16)13(10,2)3/h6-7,14H,1-5H3. The molecule has 5 nitrogen and oxygen atoms in total. The Morgan fingerprint density at radius 2 is 1.84 bits per heavy atom. The number of benzene rings is 1. The lowest BCUT2D eigenvalue weighted by Crippen LogP contribution is -2.33. The molecule has 0 atom stereocenters. The second-order valence-electron chi connectivity index (χ2n) is 5.33. The van der Waals surface area contributed by atoms with Crippen molar-refractivity contribution in [1.82, 2.24) is 4.72 Å². The number of rotatable bonds is 2. The summed E-state index contributed by atoms with van der Waals surface area (Å²) in [4.78, 5) is 14.0. The van der Waals surface area contributed by atoms with Crippen LogP contribution < -0.4 is 9.62 Å². The molecule has 1 aliphatic heterocycles. The van der Waals surface area contributed by atoms with Crippen LogP contribution in [0.25, 0.3) is 0 Å². The Morgan fingerprint density at radius 3 is 2.37 bits per heavy atom. The van der Waals surface area contributed by atoms with Crippen LogP contribution in [-0.4, -0.2) is 28.4 Å². The van der Waals surface area contributed by atoms with Gasteiger partial charge in [0.1, 0.15) is 0 Å². The summed E-state index contributed by atoms with van der Waals surface area (Å²) in [6.45, 7) is 5.44. The van der Waals surface area contributed by atoms with Crippen molar-refractivity contribution in [3.8, 4) is 0 Å². The fourth-order valence-corrected chi connectivity index (χ4v) is 3.42. The van der Waals surface area contributed by atoms with E-state index in [-0.39, 0.29) is 10.8 Å². The number of hydrogen-bond donors (Lipinski definition) is 1. The van der Waals surface area contributed by atoms with Gasteiger partial charge in [0, 0.05) is 7.05 Å². The van der Waals surface area contributed by atoms with Crippen molar-refractivity contribution in [2.45, 2.75) is 31.1 Å². The molecule has 104 valence electrons. The number of carbonyl (C=O) groups is 1. The number of nitrogens with zero attached hydrogens (tertiary/aromatic N) is 1. The van der Waals surface area contributed by atoms with Gasteiger partial charge in [0.2, 0.25) is 15.9 Å². The lowest BCUT2D eigenvalue weighted by atomic mass is 9.85. The number of anilines is 1. The Hall–Kier alpha value is -1.40. The molecule has 6 heteroatoms. The third-order valence-electron chi connectivity index (χ3n) is 3.70. The number of hydrogen-bond acceptors (Lipinski definition) is 3. The lowest BCUT2D eigenvalue weighted by molar-refractivity contribution is -0.121. The van der Waals surface area contributed by atoms with Crippen molar-refractivity contribution in [2.75, 3.05) is 19.0 Å². The predicted molar refractivity (Wildman–Crippen MR) is 73.9 cm³/mol. The van der Waals surface area contributed by atoms with Crippen LogP contribution in [0.4, 0.5) is 5.69 Å². The van der Waals surface area contributed by atoms with E-state index in [1.165, 1.54) is 7.05 Å². The van der Waals surface area contributed by atoms with Gasteiger partial charge < -0.3 is 4.90 Å². The summed E-state index contributed by atoms with van der Waals surface area (Å²) in [6.07, 6.45) is 0. The van der Waals surface area contributed by atoms with E-state index in [4.69, 9.17) is 0 Å². The first-order valence-electron chi connectivity index (χ1n) is 5.99. The van der Waals surface area contributed by atoms with Crippen molar-refractivity contribution < 1.29 is 13.2 Å². The van der Waals surface area contributed by atoms with Gasteiger partial charge in [-0.3, -0.25) is 4.79 Å². The molecule has 19 heavy (non-hydrogen) atoms. The van der Waals surface area contributed by atoms with Crippen molar-refractivity contribution in [3.63, 3.8) is 0 Å². The molecular formula is C13H18N2O3S. The number of sulfonamides is 1. The number of carbonyl (C=O) groups excluding carboxylic acids is 1. The molecule has 1 amide bonds. The predicted octanol–water partition coefficient (Wildman–Crippen LogP) is 1.16. The van der Waals surface area contributed by atoms with Crippen molar-refractivity contribution in [3.05, 3.63) is 23.3 Å². The fourth-order valence-electron chi connectivity index (χ4n) is 2.58. The van der Waals surface area contributed by atoms with Crippen LogP contribution in [0.1, 0.15) is 25.0 Å². The summed E-state index contributed by atoms with van der Waals surface area (Å²) in [7, 11) is -0.414. The molecule has 1 aliphatic rings. The summed E-state index contributed by atoms with van der Waals surface area (Å²) in [5, 5.41) is 0. The van der Waals surface area contributed by atoms with Crippen LogP contribution in [-0.2, 0) is 20.2 Å². The van der Waals surface area contributed by atoms with Crippen LogP contribution >= 0.6 is 0 Å². The number of likely N-dealkylation sites (N-methyl/N-ethyl adjacent to an activating group) is 1. The highest BCUT2D eigenvalue weighted by Gasteiger charge is 2.43. The molecule has 0 spiro atoms. The average Bonchev–Trinajstić information content (AvgIpc) is 2.51. The third kappa shape index (κ3) is 1.86. The zero-order valence-corrected chi connectivity index (χ0v) is 12.6. The molecule has 2 rings (SSSR count). The van der Waals surface area contributed by atoms with Gasteiger partial charge in [-0.15, -0.1) is 0 Å². The maximum absolute atomic E-state index is 12.2. The van der Waals surface area contributed by atoms with E-state index in [9.17, 15) is 13.2 Å². The molecule has 0 saturated carbocycles. The van der Waals surface area contributed by atoms with E-state index in [0.29, 0.717) is 0 Å². The normalized spacial score (nSPS) is 17.7. The van der Waals surface area contributed by atoms with E-state index in [2.05, 4.69) is 4.72 Å². The molecule has 0 radical (unpaired) electrons. The Labute approximate surface area is 113 Å². The van der Waals surface area contributed by atoms with Gasteiger partial charge in [-0.1, -0.05) is 0 Å². The first-order valence-corrected chi connectivity index (χ1v) is 7.48. The first kappa shape index (κ1) is 14.0. The smallest absolute Gasteiger partial charge is 0.240 e. The zero-order valence-electron chi connectivity index (χ0n) is 11.7. The third-order valence-corrected chi connectivity index (χ3v) is 5.09. The average molecular weight is 282 g/mol. The number of fused-ring (bicyclic) bond motifs is 1. The minimum absolute atomic E-state index is 0.0235. The van der Waals surface area contributed by atoms with E-state index in [1.54, 1.807) is 24.1 Å². The SMILES string of the molecule is CNS(=O)(=O)c1cc(C)c2c(c1)C(C)(C)C(=O)N2C. The number of aryl methyl sites for hydroxylation is 1. The molecular weight excluding hydrogens is 264 g/mol. The van der Waals surface area contributed by atoms with Crippen LogP contribution in [0.2, 0.25) is 0 Å². The van der Waals surface area contributed by atoms with Gasteiger partial charge in [0.05, 0.1) is 16.0 Å². The number of nitrogens with one attached hydrogen (secondary N) is 1. The maximum Gasteiger partial charge on any atom is 0.240 e. The van der Waals surface area contributed by atoms with Crippen molar-refractivity contribution in [2.24, 2.45) is 0 Å². The minimum Gasteiger partial charge on any atom is -0.314 e. The Bertz CT molecular complexity index is 663. The van der Waals surface area contributed by atoms with Crippen molar-refractivity contribution >= 4 is 21.6 Å². The quantitative estimate of drug-likeness (QED) is 0.885. The highest BCUT2D eigenvalue weighted by Crippen LogP contribution is 2.43. The largest absolute Gasteiger partial charge is 0.314 e. The Balaban J connectivity index is 2.77. The summed E-state index contributed by atoms with van der Waals surface area (Å²) in [5.41, 5.74) is 1.65. The molecule has 0 aliphatic carbocycles. The molecule has 0 saturated heterocycles. The van der Waals surface area contributed by atoms with E-state index in [1.807, 2.05) is 20.8 Å². The van der Waals surface area contributed by atoms with E-state index < -0.39 is 15.4 Å². The minimum atomic E-state index is -3.51. The van der Waals surface area contributed by atoms with Gasteiger partial charge in [-0.2, -0.15) is 0 Å². The summed E-state index contributed by atoms with van der Waals surface area (Å²) < 4.78 is 26.1. The van der Waals surface area contributed by atoms with Crippen LogP contribution in [0, 0.1) is 6.92 Å². The van der Waals surface area contributed by atoms with Gasteiger partial charge in [-0.05, 0) is 51.1 Å². The Kier molecular flexibility index (Phi) is 2.98. The maximum atomic E-state index is 12.2. The summed E-state index contributed by atoms with van der Waals surface area (Å²) in [6, 6.07) is 3.19. The van der Waals surface area contributed by atoms with Gasteiger partial charge in [0.15, 0.2) is 0 Å². The second kappa shape index (κ2) is 4.05. The highest BCUT2D eigenvalue weighted by atomic mass is 32.2. The Morgan fingerprint density at radius 1 is 1.26 bits per heavy atom. The van der Waals surface area contributed by atoms with Gasteiger partial charge in [0.25, 0.3) is 0 Å². The molecule has 1 heterocycles. The summed E-state index contributed by atoms with van der Waals surface area (Å²) in [5.74, 6) is -0.0235. The lowest BCUT2D eigenvalue weighted by Gasteiger charge is -2.16. The molecule has 1 aromatic rings. The van der Waals surface area contributed by atoms with Crippen LogP contribution in [0.3, 0.4) is 0 Å². The number of amides is 1. The molecule has 1 aromatic carbocycles.